The van der Waals surface area contributed by atoms with Gasteiger partial charge in [-0.25, -0.2) is 0 Å². The van der Waals surface area contributed by atoms with Crippen molar-refractivity contribution in [3.63, 3.8) is 0 Å². The molecule has 0 fully saturated rings. The van der Waals surface area contributed by atoms with Crippen molar-refractivity contribution in [1.82, 2.24) is 0 Å². The maximum absolute atomic E-state index is 12.2. The number of hydrogen-bond donors (Lipinski definition) is 1. The lowest BCUT2D eigenvalue weighted by Crippen LogP contribution is -2.21. The lowest BCUT2D eigenvalue weighted by Gasteiger charge is -2.07. The maximum Gasteiger partial charge on any atom is 0.266 e. The molecule has 0 spiro atoms. The summed E-state index contributed by atoms with van der Waals surface area (Å²) in [7, 11) is 0. The molecule has 0 saturated heterocycles. The highest BCUT2D eigenvalue weighted by Crippen LogP contribution is 2.17. The number of carbonyl (C=O) groups is 2. The van der Waals surface area contributed by atoms with Crippen LogP contribution in [0.2, 0.25) is 0 Å². The third kappa shape index (κ3) is 4.94. The zero-order valence-corrected chi connectivity index (χ0v) is 13.5. The molecule has 126 valence electrons. The van der Waals surface area contributed by atoms with Crippen LogP contribution in [0, 0.1) is 11.3 Å². The van der Waals surface area contributed by atoms with Gasteiger partial charge >= 0.3 is 0 Å². The summed E-state index contributed by atoms with van der Waals surface area (Å²) in [6, 6.07) is 14.3. The number of nitrogens with one attached hydrogen (secondary N) is 1. The number of nitrogens with zero attached hydrogens (tertiary/aromatic N) is 1. The predicted octanol–water partition coefficient (Wildman–Crippen LogP) is 1.99. The molecule has 1 N–H and O–H groups in total. The van der Waals surface area contributed by atoms with Crippen molar-refractivity contribution in [2.45, 2.75) is 6.92 Å². The highest BCUT2D eigenvalue weighted by atomic mass is 16.5. The van der Waals surface area contributed by atoms with Gasteiger partial charge in [0.05, 0.1) is 12.6 Å². The number of benzene rings is 2. The molecule has 25 heavy (non-hydrogen) atoms. The lowest BCUT2D eigenvalue weighted by molar-refractivity contribution is -0.255. The van der Waals surface area contributed by atoms with Crippen LogP contribution in [0.3, 0.4) is 0 Å². The first-order valence-electron chi connectivity index (χ1n) is 7.51. The lowest BCUT2D eigenvalue weighted by atomic mass is 10.1. The van der Waals surface area contributed by atoms with E-state index in [9.17, 15) is 20.0 Å². The van der Waals surface area contributed by atoms with Crippen molar-refractivity contribution in [3.05, 3.63) is 65.2 Å². The van der Waals surface area contributed by atoms with Crippen molar-refractivity contribution in [3.8, 4) is 11.8 Å². The van der Waals surface area contributed by atoms with Gasteiger partial charge in [-0.3, -0.25) is 4.79 Å². The standard InChI is InChI=1S/C19H16N2O4/c1-2-25-17-9-7-16(8-10-17)21-18(22)15(12-20)11-13-3-5-14(6-4-13)19(23)24/h3-11H,2H2,1H3,(H,21,22)(H,23,24)/p-1/b15-11+. The number of carboxylic acid groups (broad SMARTS) is 1. The second-order valence-corrected chi connectivity index (χ2v) is 4.99. The summed E-state index contributed by atoms with van der Waals surface area (Å²) < 4.78 is 5.32. The quantitative estimate of drug-likeness (QED) is 0.642. The van der Waals surface area contributed by atoms with Gasteiger partial charge in [-0.1, -0.05) is 24.3 Å². The van der Waals surface area contributed by atoms with E-state index >= 15 is 0 Å². The zero-order chi connectivity index (χ0) is 18.2. The summed E-state index contributed by atoms with van der Waals surface area (Å²) in [5.74, 6) is -1.16. The number of rotatable bonds is 6. The molecule has 6 heteroatoms. The zero-order valence-electron chi connectivity index (χ0n) is 13.5. The maximum atomic E-state index is 12.2. The fourth-order valence-electron chi connectivity index (χ4n) is 2.03. The molecule has 2 rings (SSSR count). The summed E-state index contributed by atoms with van der Waals surface area (Å²) in [6.07, 6.45) is 1.38. The Hall–Kier alpha value is -3.59. The molecule has 2 aromatic rings. The summed E-state index contributed by atoms with van der Waals surface area (Å²) in [5.41, 5.74) is 0.981. The molecule has 2 aromatic carbocycles. The Labute approximate surface area is 145 Å². The predicted molar refractivity (Wildman–Crippen MR) is 90.6 cm³/mol. The number of aromatic carboxylic acids is 1. The van der Waals surface area contributed by atoms with Gasteiger partial charge in [0.15, 0.2) is 0 Å². The minimum Gasteiger partial charge on any atom is -0.545 e. The third-order valence-corrected chi connectivity index (χ3v) is 3.25. The molecule has 1 amide bonds. The van der Waals surface area contributed by atoms with E-state index in [4.69, 9.17) is 4.74 Å². The van der Waals surface area contributed by atoms with Crippen LogP contribution in [0.5, 0.6) is 5.75 Å². The fourth-order valence-corrected chi connectivity index (χ4v) is 2.03. The first-order valence-corrected chi connectivity index (χ1v) is 7.51. The number of nitriles is 1. The molecule has 0 unspecified atom stereocenters. The van der Waals surface area contributed by atoms with E-state index in [-0.39, 0.29) is 11.1 Å². The van der Waals surface area contributed by atoms with Gasteiger partial charge in [0.1, 0.15) is 17.4 Å². The van der Waals surface area contributed by atoms with E-state index in [1.807, 2.05) is 13.0 Å². The fraction of sp³-hybridized carbons (Fsp3) is 0.105. The average Bonchev–Trinajstić information content (AvgIpc) is 2.62. The van der Waals surface area contributed by atoms with Crippen molar-refractivity contribution < 1.29 is 19.4 Å². The van der Waals surface area contributed by atoms with Gasteiger partial charge in [0.2, 0.25) is 0 Å². The molecule has 0 aromatic heterocycles. The van der Waals surface area contributed by atoms with Crippen LogP contribution in [0.4, 0.5) is 5.69 Å². The van der Waals surface area contributed by atoms with E-state index < -0.39 is 11.9 Å². The molecule has 0 heterocycles. The van der Waals surface area contributed by atoms with Crippen LogP contribution in [-0.2, 0) is 4.79 Å². The highest BCUT2D eigenvalue weighted by molar-refractivity contribution is 6.09. The SMILES string of the molecule is CCOc1ccc(NC(=O)/C(C#N)=C/c2ccc(C(=O)[O-])cc2)cc1. The normalized spacial score (nSPS) is 10.6. The van der Waals surface area contributed by atoms with Gasteiger partial charge in [-0.2, -0.15) is 5.26 Å². The monoisotopic (exact) mass is 335 g/mol. The van der Waals surface area contributed by atoms with Crippen molar-refractivity contribution in [1.29, 1.82) is 5.26 Å². The van der Waals surface area contributed by atoms with E-state index in [0.29, 0.717) is 23.6 Å². The second kappa shape index (κ2) is 8.31. The Balaban J connectivity index is 2.12. The summed E-state index contributed by atoms with van der Waals surface area (Å²) >= 11 is 0. The average molecular weight is 335 g/mol. The number of carbonyl (C=O) groups excluding carboxylic acids is 2. The van der Waals surface area contributed by atoms with Crippen molar-refractivity contribution in [2.75, 3.05) is 11.9 Å². The number of amides is 1. The Bertz CT molecular complexity index is 831. The van der Waals surface area contributed by atoms with Gasteiger partial charge < -0.3 is 20.0 Å². The van der Waals surface area contributed by atoms with Crippen LogP contribution in [0.1, 0.15) is 22.8 Å². The van der Waals surface area contributed by atoms with E-state index in [0.717, 1.165) is 0 Å². The van der Waals surface area contributed by atoms with Crippen molar-refractivity contribution >= 4 is 23.6 Å². The van der Waals surface area contributed by atoms with Gasteiger partial charge in [0, 0.05) is 5.69 Å². The summed E-state index contributed by atoms with van der Waals surface area (Å²) in [6.45, 7) is 2.42. The molecule has 0 radical (unpaired) electrons. The van der Waals surface area contributed by atoms with Crippen molar-refractivity contribution in [2.24, 2.45) is 0 Å². The Kier molecular flexibility index (Phi) is 5.91. The minimum absolute atomic E-state index is 0.0227. The highest BCUT2D eigenvalue weighted by Gasteiger charge is 2.09. The molecule has 0 aliphatic heterocycles. The Morgan fingerprint density at radius 2 is 1.80 bits per heavy atom. The van der Waals surface area contributed by atoms with Gasteiger partial charge in [-0.05, 0) is 48.4 Å². The first kappa shape index (κ1) is 17.8. The molecule has 0 saturated carbocycles. The van der Waals surface area contributed by atoms with E-state index in [2.05, 4.69) is 5.32 Å². The van der Waals surface area contributed by atoms with Gasteiger partial charge in [-0.15, -0.1) is 0 Å². The topological polar surface area (TPSA) is 102 Å². The van der Waals surface area contributed by atoms with Crippen LogP contribution >= 0.6 is 0 Å². The molecule has 0 aliphatic rings. The number of anilines is 1. The molecular weight excluding hydrogens is 320 g/mol. The Morgan fingerprint density at radius 3 is 2.32 bits per heavy atom. The molecular formula is C19H15N2O4-. The summed E-state index contributed by atoms with van der Waals surface area (Å²) in [4.78, 5) is 22.9. The third-order valence-electron chi connectivity index (χ3n) is 3.25. The van der Waals surface area contributed by atoms with Crippen LogP contribution < -0.4 is 15.2 Å². The van der Waals surface area contributed by atoms with Crippen LogP contribution in [0.15, 0.2) is 54.1 Å². The number of carboxylic acids is 1. The van der Waals surface area contributed by atoms with Crippen LogP contribution in [-0.4, -0.2) is 18.5 Å². The van der Waals surface area contributed by atoms with E-state index in [1.54, 1.807) is 24.3 Å². The number of ether oxygens (including phenoxy) is 1. The smallest absolute Gasteiger partial charge is 0.266 e. The largest absolute Gasteiger partial charge is 0.545 e. The summed E-state index contributed by atoms with van der Waals surface area (Å²) in [5, 5.41) is 22.5. The minimum atomic E-state index is -1.29. The first-order chi connectivity index (χ1) is 12.0. The molecule has 0 bridgehead atoms. The van der Waals surface area contributed by atoms with Crippen LogP contribution in [0.25, 0.3) is 6.08 Å². The number of hydrogen-bond acceptors (Lipinski definition) is 5. The molecule has 6 nitrogen and oxygen atoms in total. The Morgan fingerprint density at radius 1 is 1.16 bits per heavy atom. The van der Waals surface area contributed by atoms with E-state index in [1.165, 1.54) is 30.3 Å². The molecule has 0 aliphatic carbocycles. The van der Waals surface area contributed by atoms with Gasteiger partial charge in [0.25, 0.3) is 5.91 Å². The second-order valence-electron chi connectivity index (χ2n) is 4.99. The molecule has 0 atom stereocenters.